The smallest absolute Gasteiger partial charge is 0.710 e. The van der Waals surface area contributed by atoms with E-state index in [1.54, 1.807) is 6.07 Å². The molecule has 1 heterocycles. The van der Waals surface area contributed by atoms with Crippen molar-refractivity contribution in [2.75, 3.05) is 0 Å². The molecule has 0 bridgehead atoms. The summed E-state index contributed by atoms with van der Waals surface area (Å²) >= 11 is 2.08. The van der Waals surface area contributed by atoms with Crippen molar-refractivity contribution in [1.82, 2.24) is 0 Å². The zero-order valence-electron chi connectivity index (χ0n) is 11.1. The number of hydrogen-bond acceptors (Lipinski definition) is 5. The van der Waals surface area contributed by atoms with E-state index in [0.717, 1.165) is 16.0 Å². The Balaban J connectivity index is 0.00000220. The predicted octanol–water partition coefficient (Wildman–Crippen LogP) is 0.925. The SMILES string of the molecule is Cc1sc(SO[O-])cc1-c1ccc(OC(F)(F)F)cc1.[Na+]. The Morgan fingerprint density at radius 2 is 1.81 bits per heavy atom. The molecular formula is C12H8F3NaO3S2. The van der Waals surface area contributed by atoms with Gasteiger partial charge in [0, 0.05) is 16.9 Å². The van der Waals surface area contributed by atoms with E-state index in [0.29, 0.717) is 16.3 Å². The average Bonchev–Trinajstić information content (AvgIpc) is 2.70. The van der Waals surface area contributed by atoms with Crippen LogP contribution in [0.5, 0.6) is 5.75 Å². The molecule has 0 N–H and O–H groups in total. The molecule has 0 aliphatic heterocycles. The van der Waals surface area contributed by atoms with Gasteiger partial charge in [-0.1, -0.05) is 12.1 Å². The van der Waals surface area contributed by atoms with Gasteiger partial charge in [0.1, 0.15) is 5.75 Å². The molecule has 108 valence electrons. The van der Waals surface area contributed by atoms with Gasteiger partial charge in [-0.25, -0.2) is 0 Å². The summed E-state index contributed by atoms with van der Waals surface area (Å²) in [6.45, 7) is 1.86. The van der Waals surface area contributed by atoms with Crippen LogP contribution in [0, 0.1) is 6.92 Å². The Labute approximate surface area is 149 Å². The summed E-state index contributed by atoms with van der Waals surface area (Å²) in [4.78, 5) is 0.939. The molecule has 0 aliphatic rings. The monoisotopic (exact) mass is 344 g/mol. The molecule has 0 spiro atoms. The third kappa shape index (κ3) is 5.48. The Kier molecular flexibility index (Phi) is 7.05. The molecule has 1 aromatic carbocycles. The van der Waals surface area contributed by atoms with Crippen LogP contribution >= 0.6 is 23.4 Å². The third-order valence-corrected chi connectivity index (χ3v) is 4.06. The number of rotatable bonds is 4. The molecule has 21 heavy (non-hydrogen) atoms. The molecule has 2 rings (SSSR count). The van der Waals surface area contributed by atoms with Gasteiger partial charge in [-0.15, -0.1) is 24.5 Å². The zero-order chi connectivity index (χ0) is 14.8. The van der Waals surface area contributed by atoms with Crippen LogP contribution in [0.2, 0.25) is 0 Å². The minimum atomic E-state index is -4.70. The van der Waals surface area contributed by atoms with Crippen LogP contribution in [0.3, 0.4) is 0 Å². The Hall–Kier alpha value is -0.220. The van der Waals surface area contributed by atoms with Crippen molar-refractivity contribution in [3.05, 3.63) is 35.2 Å². The first-order valence-electron chi connectivity index (χ1n) is 5.32. The minimum absolute atomic E-state index is 0. The van der Waals surface area contributed by atoms with Gasteiger partial charge >= 0.3 is 35.9 Å². The summed E-state index contributed by atoms with van der Waals surface area (Å²) in [5.41, 5.74) is 1.58. The molecule has 0 fully saturated rings. The van der Waals surface area contributed by atoms with Crippen molar-refractivity contribution >= 4 is 23.4 Å². The van der Waals surface area contributed by atoms with Crippen LogP contribution in [0.25, 0.3) is 11.1 Å². The summed E-state index contributed by atoms with van der Waals surface area (Å²) in [5.74, 6) is -0.272. The maximum Gasteiger partial charge on any atom is 1.00 e. The van der Waals surface area contributed by atoms with Gasteiger partial charge in [0.15, 0.2) is 0 Å². The number of ether oxygens (including phenoxy) is 1. The van der Waals surface area contributed by atoms with Gasteiger partial charge in [-0.2, -0.15) is 0 Å². The van der Waals surface area contributed by atoms with Crippen molar-refractivity contribution in [3.63, 3.8) is 0 Å². The molecule has 1 aromatic heterocycles. The van der Waals surface area contributed by atoms with Crippen molar-refractivity contribution < 1.29 is 57.1 Å². The Morgan fingerprint density at radius 3 is 2.33 bits per heavy atom. The first-order chi connectivity index (χ1) is 9.39. The van der Waals surface area contributed by atoms with E-state index in [1.807, 2.05) is 6.92 Å². The summed E-state index contributed by atoms with van der Waals surface area (Å²) in [6.07, 6.45) is -4.70. The zero-order valence-corrected chi connectivity index (χ0v) is 14.7. The van der Waals surface area contributed by atoms with Crippen molar-refractivity contribution in [3.8, 4) is 16.9 Å². The summed E-state index contributed by atoms with van der Waals surface area (Å²) < 4.78 is 44.4. The number of benzene rings is 1. The molecule has 0 saturated heterocycles. The molecule has 9 heteroatoms. The molecule has 0 atom stereocenters. The normalized spacial score (nSPS) is 11.1. The molecule has 0 amide bonds. The van der Waals surface area contributed by atoms with Crippen LogP contribution in [0.15, 0.2) is 34.5 Å². The van der Waals surface area contributed by atoms with Gasteiger partial charge in [-0.3, -0.25) is 0 Å². The van der Waals surface area contributed by atoms with E-state index in [4.69, 9.17) is 0 Å². The number of halogens is 3. The molecule has 0 radical (unpaired) electrons. The average molecular weight is 344 g/mol. The third-order valence-electron chi connectivity index (χ3n) is 2.41. The van der Waals surface area contributed by atoms with Gasteiger partial charge in [-0.05, 0) is 36.2 Å². The maximum atomic E-state index is 12.1. The van der Waals surface area contributed by atoms with Crippen LogP contribution in [0.4, 0.5) is 13.2 Å². The van der Waals surface area contributed by atoms with E-state index in [-0.39, 0.29) is 35.3 Å². The number of alkyl halides is 3. The largest absolute Gasteiger partial charge is 1.00 e. The predicted molar refractivity (Wildman–Crippen MR) is 68.1 cm³/mol. The summed E-state index contributed by atoms with van der Waals surface area (Å²) in [5, 5.41) is 10.1. The van der Waals surface area contributed by atoms with Crippen LogP contribution in [-0.4, -0.2) is 6.36 Å². The van der Waals surface area contributed by atoms with Gasteiger partial charge < -0.3 is 14.3 Å². The molecule has 2 aromatic rings. The van der Waals surface area contributed by atoms with Crippen LogP contribution in [0.1, 0.15) is 4.88 Å². The molecular weight excluding hydrogens is 336 g/mol. The number of aryl methyl sites for hydroxylation is 1. The van der Waals surface area contributed by atoms with Gasteiger partial charge in [0.2, 0.25) is 0 Å². The second-order valence-electron chi connectivity index (χ2n) is 3.76. The molecule has 0 saturated carbocycles. The fraction of sp³-hybridized carbons (Fsp3) is 0.167. The summed E-state index contributed by atoms with van der Waals surface area (Å²) in [6, 6.07) is 7.31. The number of thiophene rings is 1. The van der Waals surface area contributed by atoms with E-state index in [2.05, 4.69) is 9.07 Å². The van der Waals surface area contributed by atoms with E-state index >= 15 is 0 Å². The van der Waals surface area contributed by atoms with Gasteiger partial charge in [0.05, 0.1) is 4.21 Å². The second-order valence-corrected chi connectivity index (χ2v) is 6.02. The van der Waals surface area contributed by atoms with E-state index < -0.39 is 6.36 Å². The summed E-state index contributed by atoms with van der Waals surface area (Å²) in [7, 11) is 0. The first-order valence-corrected chi connectivity index (χ1v) is 6.88. The number of hydrogen-bond donors (Lipinski definition) is 0. The maximum absolute atomic E-state index is 12.1. The van der Waals surface area contributed by atoms with E-state index in [1.165, 1.54) is 35.6 Å². The topological polar surface area (TPSA) is 41.5 Å². The van der Waals surface area contributed by atoms with Crippen molar-refractivity contribution in [1.29, 1.82) is 0 Å². The first kappa shape index (κ1) is 18.8. The van der Waals surface area contributed by atoms with Crippen molar-refractivity contribution in [2.45, 2.75) is 17.5 Å². The Morgan fingerprint density at radius 1 is 1.19 bits per heavy atom. The minimum Gasteiger partial charge on any atom is -0.710 e. The fourth-order valence-electron chi connectivity index (χ4n) is 1.65. The fourth-order valence-corrected chi connectivity index (χ4v) is 3.24. The van der Waals surface area contributed by atoms with Gasteiger partial charge in [0.25, 0.3) is 0 Å². The Bertz CT molecular complexity index is 584. The van der Waals surface area contributed by atoms with E-state index in [9.17, 15) is 18.4 Å². The standard InChI is InChI=1S/C12H9F3O3S2.Na/c1-7-10(6-11(19-7)20-18-16)8-2-4-9(5-3-8)17-12(13,14)15;/h2-6,16H,1H3;/q;+1/p-1. The quantitative estimate of drug-likeness (QED) is 0.358. The van der Waals surface area contributed by atoms with Crippen molar-refractivity contribution in [2.24, 2.45) is 0 Å². The van der Waals surface area contributed by atoms with Crippen LogP contribution in [-0.2, 0) is 4.33 Å². The molecule has 0 unspecified atom stereocenters. The second kappa shape index (κ2) is 7.87. The molecule has 0 aliphatic carbocycles. The molecule has 3 nitrogen and oxygen atoms in total. The van der Waals surface area contributed by atoms with Crippen LogP contribution < -0.4 is 39.6 Å².